The molecule has 1 aromatic heterocycles. The first-order valence-electron chi connectivity index (χ1n) is 9.46. The molecule has 1 atom stereocenters. The number of carbonyl (C=O) groups excluding carboxylic acids is 1. The largest absolute Gasteiger partial charge is 0.405 e. The van der Waals surface area contributed by atoms with Crippen LogP contribution in [-0.2, 0) is 0 Å². The highest BCUT2D eigenvalue weighted by atomic mass is 35.5. The van der Waals surface area contributed by atoms with Gasteiger partial charge >= 0.3 is 6.18 Å². The fourth-order valence-electron chi connectivity index (χ4n) is 3.66. The molecule has 0 aliphatic carbocycles. The van der Waals surface area contributed by atoms with Crippen LogP contribution in [0.15, 0.2) is 18.3 Å². The number of alkyl halides is 3. The van der Waals surface area contributed by atoms with Crippen LogP contribution < -0.4 is 15.5 Å². The molecule has 166 valence electrons. The highest BCUT2D eigenvalue weighted by Crippen LogP contribution is 2.25. The maximum absolute atomic E-state index is 13.5. The van der Waals surface area contributed by atoms with Crippen molar-refractivity contribution in [3.8, 4) is 0 Å². The molecule has 0 bridgehead atoms. The fraction of sp³-hybridized carbons (Fsp3) is 0.667. The number of piperazine rings is 1. The summed E-state index contributed by atoms with van der Waals surface area (Å²) in [6.45, 7) is 2.81. The minimum Gasteiger partial charge on any atom is -0.356 e. The van der Waals surface area contributed by atoms with Gasteiger partial charge in [0.25, 0.3) is 5.91 Å². The van der Waals surface area contributed by atoms with Gasteiger partial charge in [-0.3, -0.25) is 9.69 Å². The third-order valence-electron chi connectivity index (χ3n) is 5.11. The first-order chi connectivity index (χ1) is 13.0. The molecule has 2 N–H and O–H groups in total. The van der Waals surface area contributed by atoms with E-state index in [1.54, 1.807) is 18.3 Å². The molecule has 1 unspecified atom stereocenters. The van der Waals surface area contributed by atoms with Gasteiger partial charge in [-0.2, -0.15) is 13.2 Å². The summed E-state index contributed by atoms with van der Waals surface area (Å²) in [7, 11) is 0. The molecule has 0 radical (unpaired) electrons. The van der Waals surface area contributed by atoms with E-state index in [-0.39, 0.29) is 24.8 Å². The molecule has 3 rings (SSSR count). The van der Waals surface area contributed by atoms with Gasteiger partial charge in [0.15, 0.2) is 0 Å². The number of amides is 1. The molecule has 2 saturated heterocycles. The van der Waals surface area contributed by atoms with E-state index >= 15 is 0 Å². The molecule has 2 fully saturated rings. The van der Waals surface area contributed by atoms with Crippen LogP contribution in [0, 0.1) is 0 Å². The van der Waals surface area contributed by atoms with E-state index in [1.165, 1.54) is 4.90 Å². The summed E-state index contributed by atoms with van der Waals surface area (Å²) in [5, 5.41) is 5.54. The van der Waals surface area contributed by atoms with Gasteiger partial charge in [-0.15, -0.1) is 24.8 Å². The van der Waals surface area contributed by atoms with Gasteiger partial charge in [0.2, 0.25) is 0 Å². The zero-order chi connectivity index (χ0) is 19.3. The molecule has 29 heavy (non-hydrogen) atoms. The van der Waals surface area contributed by atoms with Crippen LogP contribution in [0.1, 0.15) is 29.6 Å². The lowest BCUT2D eigenvalue weighted by molar-refractivity contribution is -0.183. The Morgan fingerprint density at radius 1 is 1.14 bits per heavy atom. The summed E-state index contributed by atoms with van der Waals surface area (Å²) in [5.41, 5.74) is 0.334. The summed E-state index contributed by atoms with van der Waals surface area (Å²) in [4.78, 5) is 20.4. The zero-order valence-corrected chi connectivity index (χ0v) is 17.7. The summed E-state index contributed by atoms with van der Waals surface area (Å²) >= 11 is 0. The Labute approximate surface area is 181 Å². The number of piperidine rings is 1. The Kier molecular flexibility index (Phi) is 10.5. The average molecular weight is 458 g/mol. The second kappa shape index (κ2) is 11.8. The number of pyridine rings is 1. The van der Waals surface area contributed by atoms with Gasteiger partial charge in [-0.25, -0.2) is 4.98 Å². The Morgan fingerprint density at radius 3 is 2.41 bits per heavy atom. The second-order valence-electron chi connectivity index (χ2n) is 6.98. The smallest absolute Gasteiger partial charge is 0.356 e. The standard InChI is InChI=1S/C18H26F3N5O.2ClH/c19-18(20,21)15(25-11-7-22-8-12-25)13-24-17(27)14-5-4-6-23-16(14)26-9-2-1-3-10-26;;/h4-6,15,22H,1-3,7-13H2,(H,24,27);2*1H. The van der Waals surface area contributed by atoms with E-state index in [2.05, 4.69) is 15.6 Å². The van der Waals surface area contributed by atoms with Crippen molar-refractivity contribution in [3.05, 3.63) is 23.9 Å². The van der Waals surface area contributed by atoms with Crippen LogP contribution in [0.5, 0.6) is 0 Å². The quantitative estimate of drug-likeness (QED) is 0.710. The highest BCUT2D eigenvalue weighted by Gasteiger charge is 2.44. The van der Waals surface area contributed by atoms with E-state index in [9.17, 15) is 18.0 Å². The Balaban J connectivity index is 0.00000210. The van der Waals surface area contributed by atoms with Gasteiger partial charge < -0.3 is 15.5 Å². The number of anilines is 1. The molecule has 0 saturated carbocycles. The summed E-state index contributed by atoms with van der Waals surface area (Å²) in [6, 6.07) is 1.58. The highest BCUT2D eigenvalue weighted by molar-refractivity contribution is 5.98. The number of hydrogen-bond acceptors (Lipinski definition) is 5. The number of halogens is 5. The van der Waals surface area contributed by atoms with Crippen molar-refractivity contribution in [1.82, 2.24) is 20.5 Å². The number of carbonyl (C=O) groups is 1. The number of rotatable bonds is 5. The molecule has 6 nitrogen and oxygen atoms in total. The average Bonchev–Trinajstić information content (AvgIpc) is 2.68. The fourth-order valence-corrected chi connectivity index (χ4v) is 3.66. The molecule has 0 spiro atoms. The Morgan fingerprint density at radius 2 is 1.79 bits per heavy atom. The molecule has 1 aromatic rings. The first-order valence-corrected chi connectivity index (χ1v) is 9.46. The van der Waals surface area contributed by atoms with Crippen LogP contribution >= 0.6 is 24.8 Å². The second-order valence-corrected chi connectivity index (χ2v) is 6.98. The van der Waals surface area contributed by atoms with Gasteiger partial charge in [0.1, 0.15) is 11.9 Å². The van der Waals surface area contributed by atoms with Crippen LogP contribution in [0.25, 0.3) is 0 Å². The SMILES string of the molecule is Cl.Cl.O=C(NCC(N1CCNCC1)C(F)(F)F)c1cccnc1N1CCCCC1. The summed E-state index contributed by atoms with van der Waals surface area (Å²) < 4.78 is 40.5. The van der Waals surface area contributed by atoms with Crippen LogP contribution in [0.2, 0.25) is 0 Å². The van der Waals surface area contributed by atoms with Crippen molar-refractivity contribution in [2.75, 3.05) is 50.7 Å². The molecule has 1 amide bonds. The lowest BCUT2D eigenvalue weighted by atomic mass is 10.1. The molecule has 2 aliphatic rings. The monoisotopic (exact) mass is 457 g/mol. The van der Waals surface area contributed by atoms with Gasteiger partial charge in [0.05, 0.1) is 5.56 Å². The van der Waals surface area contributed by atoms with Gasteiger partial charge in [-0.05, 0) is 31.4 Å². The predicted octanol–water partition coefficient (Wildman–Crippen LogP) is 2.48. The summed E-state index contributed by atoms with van der Waals surface area (Å²) in [6.07, 6.45) is 0.408. The van der Waals surface area contributed by atoms with E-state index in [0.29, 0.717) is 37.6 Å². The summed E-state index contributed by atoms with van der Waals surface area (Å²) in [5.74, 6) is 0.0495. The zero-order valence-electron chi connectivity index (χ0n) is 16.1. The normalized spacial score (nSPS) is 18.9. The molecular formula is C18H28Cl2F3N5O. The third kappa shape index (κ3) is 6.87. The van der Waals surface area contributed by atoms with Crippen molar-refractivity contribution in [1.29, 1.82) is 0 Å². The van der Waals surface area contributed by atoms with Crippen molar-refractivity contribution < 1.29 is 18.0 Å². The Hall–Kier alpha value is -1.29. The van der Waals surface area contributed by atoms with Crippen LogP contribution in [0.3, 0.4) is 0 Å². The minimum absolute atomic E-state index is 0. The van der Waals surface area contributed by atoms with Crippen LogP contribution in [-0.4, -0.2) is 73.8 Å². The number of nitrogens with zero attached hydrogens (tertiary/aromatic N) is 3. The first kappa shape index (κ1) is 25.7. The number of hydrogen-bond donors (Lipinski definition) is 2. The number of aromatic nitrogens is 1. The molecular weight excluding hydrogens is 430 g/mol. The predicted molar refractivity (Wildman–Crippen MR) is 111 cm³/mol. The molecule has 2 aliphatic heterocycles. The van der Waals surface area contributed by atoms with Crippen LogP contribution in [0.4, 0.5) is 19.0 Å². The topological polar surface area (TPSA) is 60.5 Å². The molecule has 3 heterocycles. The van der Waals surface area contributed by atoms with Crippen molar-refractivity contribution in [3.63, 3.8) is 0 Å². The maximum atomic E-state index is 13.5. The van der Waals surface area contributed by atoms with E-state index < -0.39 is 24.7 Å². The van der Waals surface area contributed by atoms with Gasteiger partial charge in [-0.1, -0.05) is 0 Å². The lowest BCUT2D eigenvalue weighted by Crippen LogP contribution is -2.57. The maximum Gasteiger partial charge on any atom is 0.405 e. The van der Waals surface area contributed by atoms with Crippen molar-refractivity contribution in [2.24, 2.45) is 0 Å². The molecule has 0 aromatic carbocycles. The van der Waals surface area contributed by atoms with Gasteiger partial charge in [0, 0.05) is 52.0 Å². The number of nitrogens with one attached hydrogen (secondary N) is 2. The minimum atomic E-state index is -4.39. The van der Waals surface area contributed by atoms with Crippen molar-refractivity contribution >= 4 is 36.5 Å². The lowest BCUT2D eigenvalue weighted by Gasteiger charge is -2.36. The van der Waals surface area contributed by atoms with E-state index in [4.69, 9.17) is 0 Å². The van der Waals surface area contributed by atoms with E-state index in [0.717, 1.165) is 32.4 Å². The third-order valence-corrected chi connectivity index (χ3v) is 5.11. The van der Waals surface area contributed by atoms with Crippen molar-refractivity contribution in [2.45, 2.75) is 31.5 Å². The Bertz CT molecular complexity index is 638. The molecule has 11 heteroatoms. The van der Waals surface area contributed by atoms with E-state index in [1.807, 2.05) is 4.90 Å².